The molecule has 0 bridgehead atoms. The van der Waals surface area contributed by atoms with Crippen LogP contribution in [0, 0.1) is 0 Å². The van der Waals surface area contributed by atoms with Crippen molar-refractivity contribution in [1.82, 2.24) is 14.8 Å². The Morgan fingerprint density at radius 3 is 2.34 bits per heavy atom. The van der Waals surface area contributed by atoms with Crippen LogP contribution in [0.15, 0.2) is 59.4 Å². The Labute approximate surface area is 185 Å². The van der Waals surface area contributed by atoms with Crippen molar-refractivity contribution in [2.75, 3.05) is 26.2 Å². The number of H-pyrrole nitrogens is 1. The number of para-hydroxylation sites is 1. The number of aromatic amines is 1. The molecular formula is C25H27N3O4. The number of aromatic nitrogens is 1. The highest BCUT2D eigenvalue weighted by atomic mass is 16.4. The van der Waals surface area contributed by atoms with Crippen LogP contribution in [0.25, 0.3) is 22.0 Å². The summed E-state index contributed by atoms with van der Waals surface area (Å²) in [7, 11) is 0. The highest BCUT2D eigenvalue weighted by Crippen LogP contribution is 2.36. The minimum Gasteiger partial charge on any atom is -0.386 e. The van der Waals surface area contributed by atoms with Gasteiger partial charge >= 0.3 is 0 Å². The molecular weight excluding hydrogens is 406 g/mol. The van der Waals surface area contributed by atoms with Gasteiger partial charge in [0.1, 0.15) is 11.8 Å². The Bertz CT molecular complexity index is 1190. The van der Waals surface area contributed by atoms with Gasteiger partial charge in [-0.25, -0.2) is 0 Å². The molecule has 2 aromatic carbocycles. The second-order valence-electron chi connectivity index (χ2n) is 8.84. The minimum atomic E-state index is -0.997. The van der Waals surface area contributed by atoms with Crippen molar-refractivity contribution in [2.45, 2.75) is 31.1 Å². The van der Waals surface area contributed by atoms with E-state index in [0.29, 0.717) is 50.1 Å². The number of benzene rings is 2. The molecule has 2 aliphatic rings. The molecule has 32 heavy (non-hydrogen) atoms. The first-order chi connectivity index (χ1) is 15.4. The van der Waals surface area contributed by atoms with Crippen molar-refractivity contribution >= 4 is 16.8 Å². The Morgan fingerprint density at radius 1 is 1.00 bits per heavy atom. The predicted molar refractivity (Wildman–Crippen MR) is 122 cm³/mol. The van der Waals surface area contributed by atoms with Crippen LogP contribution in [0.3, 0.4) is 0 Å². The first kappa shape index (κ1) is 20.9. The molecule has 5 rings (SSSR count). The van der Waals surface area contributed by atoms with E-state index >= 15 is 0 Å². The molecule has 0 spiro atoms. The predicted octanol–water partition coefficient (Wildman–Crippen LogP) is 2.19. The van der Waals surface area contributed by atoms with Crippen LogP contribution >= 0.6 is 0 Å². The molecule has 1 amide bonds. The highest BCUT2D eigenvalue weighted by Gasteiger charge is 2.45. The number of amides is 1. The van der Waals surface area contributed by atoms with Crippen molar-refractivity contribution in [3.63, 3.8) is 0 Å². The summed E-state index contributed by atoms with van der Waals surface area (Å²) in [4.78, 5) is 32.0. The Hall–Kier alpha value is -3.00. The van der Waals surface area contributed by atoms with Crippen LogP contribution in [-0.4, -0.2) is 68.9 Å². The molecule has 1 aliphatic heterocycles. The van der Waals surface area contributed by atoms with Gasteiger partial charge in [0.15, 0.2) is 0 Å². The third-order valence-electron chi connectivity index (χ3n) is 6.84. The number of pyridine rings is 1. The molecule has 0 radical (unpaired) electrons. The minimum absolute atomic E-state index is 0.0690. The zero-order valence-electron chi connectivity index (χ0n) is 17.8. The van der Waals surface area contributed by atoms with Gasteiger partial charge in [-0.1, -0.05) is 30.3 Å². The quantitative estimate of drug-likeness (QED) is 0.586. The van der Waals surface area contributed by atoms with Gasteiger partial charge in [-0.2, -0.15) is 0 Å². The zero-order valence-corrected chi connectivity index (χ0v) is 17.8. The Balaban J connectivity index is 1.27. The average Bonchev–Trinajstić information content (AvgIpc) is 2.81. The fraction of sp³-hybridized carbons (Fsp3) is 0.360. The van der Waals surface area contributed by atoms with Gasteiger partial charge in [-0.3, -0.25) is 14.5 Å². The number of carbonyl (C=O) groups excluding carboxylic acids is 1. The molecule has 1 saturated carbocycles. The second kappa shape index (κ2) is 8.16. The maximum atomic E-state index is 13.0. The molecule has 1 atom stereocenters. The van der Waals surface area contributed by atoms with Gasteiger partial charge < -0.3 is 20.1 Å². The van der Waals surface area contributed by atoms with Crippen molar-refractivity contribution in [1.29, 1.82) is 0 Å². The lowest BCUT2D eigenvalue weighted by Gasteiger charge is -2.47. The third kappa shape index (κ3) is 3.72. The summed E-state index contributed by atoms with van der Waals surface area (Å²) in [6.45, 7) is 2.05. The number of piperazine rings is 1. The van der Waals surface area contributed by atoms with Crippen LogP contribution in [0.4, 0.5) is 0 Å². The zero-order chi connectivity index (χ0) is 22.3. The lowest BCUT2D eigenvalue weighted by Crippen LogP contribution is -2.61. The number of rotatable bonds is 4. The number of fused-ring (bicyclic) bond motifs is 1. The summed E-state index contributed by atoms with van der Waals surface area (Å²) < 4.78 is 0. The van der Waals surface area contributed by atoms with Crippen LogP contribution in [0.1, 0.15) is 29.6 Å². The molecule has 2 heterocycles. The lowest BCUT2D eigenvalue weighted by atomic mass is 9.78. The van der Waals surface area contributed by atoms with E-state index < -0.39 is 11.8 Å². The van der Waals surface area contributed by atoms with E-state index in [1.54, 1.807) is 29.2 Å². The van der Waals surface area contributed by atoms with E-state index in [1.165, 1.54) is 0 Å². The maximum Gasteiger partial charge on any atom is 0.256 e. The van der Waals surface area contributed by atoms with E-state index in [0.717, 1.165) is 22.9 Å². The van der Waals surface area contributed by atoms with E-state index in [-0.39, 0.29) is 11.5 Å². The first-order valence-corrected chi connectivity index (χ1v) is 11.1. The molecule has 2 fully saturated rings. The van der Waals surface area contributed by atoms with Crippen molar-refractivity contribution in [3.8, 4) is 11.1 Å². The molecule has 7 heteroatoms. The summed E-state index contributed by atoms with van der Waals surface area (Å²) in [5.74, 6) is -0.0690. The van der Waals surface area contributed by atoms with Crippen LogP contribution in [0.2, 0.25) is 0 Å². The van der Waals surface area contributed by atoms with Crippen molar-refractivity contribution in [3.05, 3.63) is 70.5 Å². The standard InChI is InChI=1S/C25H27N3O4/c29-22-20(16-19-4-1-2-5-21(19)26-22)17-6-8-18(9-7-17)23(30)27-12-14-28(15-13-27)24(31)25(32)10-3-11-25/h1-2,4-9,16,24,31-32H,3,10-15H2,(H,26,29). The normalized spacial score (nSPS) is 19.5. The monoisotopic (exact) mass is 433 g/mol. The Kier molecular flexibility index (Phi) is 5.33. The number of nitrogens with zero attached hydrogens (tertiary/aromatic N) is 2. The van der Waals surface area contributed by atoms with Gasteiger partial charge in [0.05, 0.1) is 0 Å². The maximum absolute atomic E-state index is 13.0. The molecule has 7 nitrogen and oxygen atoms in total. The summed E-state index contributed by atoms with van der Waals surface area (Å²) in [5, 5.41) is 21.8. The topological polar surface area (TPSA) is 96.9 Å². The van der Waals surface area contributed by atoms with Crippen molar-refractivity contribution in [2.24, 2.45) is 0 Å². The molecule has 1 aliphatic carbocycles. The number of aliphatic hydroxyl groups is 2. The molecule has 1 unspecified atom stereocenters. The largest absolute Gasteiger partial charge is 0.386 e. The second-order valence-corrected chi connectivity index (χ2v) is 8.84. The molecule has 166 valence electrons. The lowest BCUT2D eigenvalue weighted by molar-refractivity contribution is -0.190. The Morgan fingerprint density at radius 2 is 1.69 bits per heavy atom. The molecule has 1 saturated heterocycles. The van der Waals surface area contributed by atoms with Gasteiger partial charge in [-0.05, 0) is 54.5 Å². The summed E-state index contributed by atoms with van der Waals surface area (Å²) in [6, 6.07) is 16.6. The van der Waals surface area contributed by atoms with E-state index in [1.807, 2.05) is 35.2 Å². The van der Waals surface area contributed by atoms with Crippen LogP contribution in [-0.2, 0) is 0 Å². The molecule has 1 aromatic heterocycles. The van der Waals surface area contributed by atoms with E-state index in [4.69, 9.17) is 0 Å². The summed E-state index contributed by atoms with van der Waals surface area (Å²) in [6.07, 6.45) is 1.32. The van der Waals surface area contributed by atoms with Crippen LogP contribution < -0.4 is 5.56 Å². The number of carbonyl (C=O) groups is 1. The van der Waals surface area contributed by atoms with E-state index in [9.17, 15) is 19.8 Å². The molecule has 3 aromatic rings. The van der Waals surface area contributed by atoms with Crippen LogP contribution in [0.5, 0.6) is 0 Å². The van der Waals surface area contributed by atoms with Crippen molar-refractivity contribution < 1.29 is 15.0 Å². The SMILES string of the molecule is O=C(c1ccc(-c2cc3ccccc3[nH]c2=O)cc1)N1CCN(C(O)C2(O)CCC2)CC1. The number of hydrogen-bond acceptors (Lipinski definition) is 5. The fourth-order valence-corrected chi connectivity index (χ4v) is 4.64. The molecule has 3 N–H and O–H groups in total. The van der Waals surface area contributed by atoms with Gasteiger partial charge in [0.2, 0.25) is 0 Å². The highest BCUT2D eigenvalue weighted by molar-refractivity contribution is 5.95. The van der Waals surface area contributed by atoms with E-state index in [2.05, 4.69) is 4.98 Å². The third-order valence-corrected chi connectivity index (χ3v) is 6.84. The number of nitrogens with one attached hydrogen (secondary N) is 1. The van der Waals surface area contributed by atoms with Gasteiger partial charge in [-0.15, -0.1) is 0 Å². The number of hydrogen-bond donors (Lipinski definition) is 3. The average molecular weight is 434 g/mol. The summed E-state index contributed by atoms with van der Waals surface area (Å²) in [5.41, 5.74) is 1.53. The number of aliphatic hydroxyl groups excluding tert-OH is 1. The smallest absolute Gasteiger partial charge is 0.256 e. The first-order valence-electron chi connectivity index (χ1n) is 11.1. The van der Waals surface area contributed by atoms with Gasteiger partial charge in [0.25, 0.3) is 11.5 Å². The van der Waals surface area contributed by atoms with Gasteiger partial charge in [0, 0.05) is 42.8 Å². The fourth-order valence-electron chi connectivity index (χ4n) is 4.64. The summed E-state index contributed by atoms with van der Waals surface area (Å²) >= 11 is 0.